The Morgan fingerprint density at radius 2 is 1.70 bits per heavy atom. The highest BCUT2D eigenvalue weighted by Crippen LogP contribution is 2.39. The van der Waals surface area contributed by atoms with Gasteiger partial charge in [0.2, 0.25) is 5.79 Å². The zero-order valence-corrected chi connectivity index (χ0v) is 16.1. The second-order valence-corrected chi connectivity index (χ2v) is 6.98. The summed E-state index contributed by atoms with van der Waals surface area (Å²) < 4.78 is 25.2. The summed E-state index contributed by atoms with van der Waals surface area (Å²) >= 11 is 0. The van der Waals surface area contributed by atoms with Crippen LogP contribution in [0, 0.1) is 5.82 Å². The van der Waals surface area contributed by atoms with Gasteiger partial charge in [-0.2, -0.15) is 0 Å². The summed E-state index contributed by atoms with van der Waals surface area (Å²) in [6.07, 6.45) is 1.19. The molecular formula is C22H22FNO6. The summed E-state index contributed by atoms with van der Waals surface area (Å²) in [6.45, 7) is 2.97. The van der Waals surface area contributed by atoms with Crippen molar-refractivity contribution >= 4 is 11.9 Å². The topological polar surface area (TPSA) is 96.3 Å². The van der Waals surface area contributed by atoms with E-state index in [1.54, 1.807) is 12.1 Å². The molecule has 2 atom stereocenters. The molecule has 2 heterocycles. The van der Waals surface area contributed by atoms with Crippen LogP contribution in [0.1, 0.15) is 11.1 Å². The highest BCUT2D eigenvalue weighted by atomic mass is 19.1. The van der Waals surface area contributed by atoms with Gasteiger partial charge in [0.25, 0.3) is 0 Å². The molecule has 0 amide bonds. The van der Waals surface area contributed by atoms with Crippen LogP contribution in [0.25, 0.3) is 0 Å². The number of carboxylic acid groups (broad SMARTS) is 2. The van der Waals surface area contributed by atoms with Gasteiger partial charge >= 0.3 is 11.9 Å². The second-order valence-electron chi connectivity index (χ2n) is 6.98. The van der Waals surface area contributed by atoms with Gasteiger partial charge in [0.05, 0.1) is 19.3 Å². The lowest BCUT2D eigenvalue weighted by Gasteiger charge is -2.38. The maximum Gasteiger partial charge on any atom is 0.328 e. The van der Waals surface area contributed by atoms with Gasteiger partial charge < -0.3 is 19.7 Å². The summed E-state index contributed by atoms with van der Waals surface area (Å²) in [5, 5.41) is 15.6. The molecule has 0 radical (unpaired) electrons. The minimum atomic E-state index is -1.26. The molecule has 2 aromatic carbocycles. The van der Waals surface area contributed by atoms with Crippen molar-refractivity contribution in [3.8, 4) is 0 Å². The second kappa shape index (κ2) is 9.62. The highest BCUT2D eigenvalue weighted by molar-refractivity contribution is 5.89. The maximum atomic E-state index is 13.2. The van der Waals surface area contributed by atoms with E-state index in [4.69, 9.17) is 19.7 Å². The van der Waals surface area contributed by atoms with Crippen LogP contribution in [0.4, 0.5) is 4.39 Å². The molecule has 158 valence electrons. The van der Waals surface area contributed by atoms with Crippen molar-refractivity contribution in [1.29, 1.82) is 0 Å². The van der Waals surface area contributed by atoms with Crippen LogP contribution in [0.15, 0.2) is 66.7 Å². The molecule has 0 aromatic heterocycles. The number of ether oxygens (including phenoxy) is 2. The van der Waals surface area contributed by atoms with Crippen LogP contribution in [0.3, 0.4) is 0 Å². The number of carboxylic acids is 2. The van der Waals surface area contributed by atoms with Crippen LogP contribution in [-0.4, -0.2) is 52.9 Å². The standard InChI is InChI=1S/C18H18FNO2.C4H4O4/c19-16-8-6-15(7-9-16)18-13-20(11-17(22-18)12-21-18)10-14-4-2-1-3-5-14;5-3(6)1-2-4(7)8/h1-9,17H,10-13H2;1-2H,(H,5,6)(H,7,8)/b;2-1-. The van der Waals surface area contributed by atoms with Gasteiger partial charge in [0, 0.05) is 30.8 Å². The Morgan fingerprint density at radius 3 is 2.30 bits per heavy atom. The van der Waals surface area contributed by atoms with Gasteiger partial charge in [-0.1, -0.05) is 42.5 Å². The van der Waals surface area contributed by atoms with Crippen molar-refractivity contribution in [3.63, 3.8) is 0 Å². The van der Waals surface area contributed by atoms with Crippen molar-refractivity contribution in [1.82, 2.24) is 4.90 Å². The molecule has 2 aromatic rings. The number of hydrogen-bond acceptors (Lipinski definition) is 5. The molecule has 7 nitrogen and oxygen atoms in total. The fourth-order valence-electron chi connectivity index (χ4n) is 3.44. The van der Waals surface area contributed by atoms with E-state index in [-0.39, 0.29) is 11.9 Å². The fraction of sp³-hybridized carbons (Fsp3) is 0.273. The Hall–Kier alpha value is -3.07. The minimum absolute atomic E-state index is 0.0718. The summed E-state index contributed by atoms with van der Waals surface area (Å²) in [4.78, 5) is 21.5. The van der Waals surface area contributed by atoms with Crippen molar-refractivity contribution in [2.24, 2.45) is 0 Å². The Bertz CT molecular complexity index is 886. The van der Waals surface area contributed by atoms with Crippen LogP contribution in [0.2, 0.25) is 0 Å². The van der Waals surface area contributed by atoms with Crippen molar-refractivity contribution < 1.29 is 33.7 Å². The highest BCUT2D eigenvalue weighted by Gasteiger charge is 2.48. The van der Waals surface area contributed by atoms with E-state index in [0.29, 0.717) is 25.3 Å². The van der Waals surface area contributed by atoms with Gasteiger partial charge in [-0.15, -0.1) is 0 Å². The SMILES string of the molecule is Fc1ccc(C23CN(Cc4ccccc4)CC(CO2)O3)cc1.O=C(O)/C=C\C(=O)O. The van der Waals surface area contributed by atoms with Crippen molar-refractivity contribution in [2.75, 3.05) is 19.7 Å². The predicted molar refractivity (Wildman–Crippen MR) is 105 cm³/mol. The molecule has 30 heavy (non-hydrogen) atoms. The number of aliphatic carboxylic acids is 2. The zero-order valence-electron chi connectivity index (χ0n) is 16.1. The molecule has 2 bridgehead atoms. The molecule has 2 fully saturated rings. The van der Waals surface area contributed by atoms with Crippen LogP contribution in [-0.2, 0) is 31.4 Å². The Morgan fingerprint density at radius 1 is 1.07 bits per heavy atom. The third-order valence-electron chi connectivity index (χ3n) is 4.65. The molecule has 2 N–H and O–H groups in total. The number of halogens is 1. The number of carbonyl (C=O) groups is 2. The van der Waals surface area contributed by atoms with E-state index < -0.39 is 17.7 Å². The Labute approximate surface area is 173 Å². The molecule has 2 aliphatic heterocycles. The first-order chi connectivity index (χ1) is 14.4. The number of hydrogen-bond donors (Lipinski definition) is 2. The fourth-order valence-corrected chi connectivity index (χ4v) is 3.44. The molecule has 4 rings (SSSR count). The first-order valence-electron chi connectivity index (χ1n) is 9.34. The molecule has 0 saturated carbocycles. The van der Waals surface area contributed by atoms with E-state index in [1.165, 1.54) is 17.7 Å². The predicted octanol–water partition coefficient (Wildman–Crippen LogP) is 2.62. The zero-order chi connectivity index (χ0) is 21.6. The normalized spacial score (nSPS) is 23.0. The van der Waals surface area contributed by atoms with Crippen LogP contribution >= 0.6 is 0 Å². The average molecular weight is 415 g/mol. The van der Waals surface area contributed by atoms with Crippen molar-refractivity contribution in [2.45, 2.75) is 18.4 Å². The van der Waals surface area contributed by atoms with Gasteiger partial charge in [0.1, 0.15) is 5.82 Å². The average Bonchev–Trinajstić information content (AvgIpc) is 3.03. The van der Waals surface area contributed by atoms with Crippen LogP contribution in [0.5, 0.6) is 0 Å². The number of rotatable bonds is 5. The summed E-state index contributed by atoms with van der Waals surface area (Å²) in [5.41, 5.74) is 2.16. The van der Waals surface area contributed by atoms with E-state index in [9.17, 15) is 14.0 Å². The van der Waals surface area contributed by atoms with E-state index >= 15 is 0 Å². The van der Waals surface area contributed by atoms with Gasteiger partial charge in [-0.3, -0.25) is 4.90 Å². The molecule has 8 heteroatoms. The lowest BCUT2D eigenvalue weighted by Crippen LogP contribution is -2.48. The monoisotopic (exact) mass is 415 g/mol. The number of benzene rings is 2. The van der Waals surface area contributed by atoms with Crippen molar-refractivity contribution in [3.05, 3.63) is 83.7 Å². The third-order valence-corrected chi connectivity index (χ3v) is 4.65. The molecule has 0 aliphatic carbocycles. The van der Waals surface area contributed by atoms with Gasteiger partial charge in [-0.05, 0) is 17.7 Å². The molecular weight excluding hydrogens is 393 g/mol. The van der Waals surface area contributed by atoms with Gasteiger partial charge in [0.15, 0.2) is 0 Å². The molecule has 2 aliphatic rings. The Kier molecular flexibility index (Phi) is 6.94. The first kappa shape index (κ1) is 21.6. The van der Waals surface area contributed by atoms with E-state index in [1.807, 2.05) is 6.07 Å². The Balaban J connectivity index is 0.000000275. The number of morpholine rings is 1. The molecule has 2 saturated heterocycles. The van der Waals surface area contributed by atoms with E-state index in [0.717, 1.165) is 18.7 Å². The number of nitrogens with zero attached hydrogens (tertiary/aromatic N) is 1. The number of fused-ring (bicyclic) bond motifs is 2. The van der Waals surface area contributed by atoms with Gasteiger partial charge in [-0.25, -0.2) is 14.0 Å². The summed E-state index contributed by atoms with van der Waals surface area (Å²) in [7, 11) is 0. The maximum absolute atomic E-state index is 13.2. The lowest BCUT2D eigenvalue weighted by molar-refractivity contribution is -0.214. The lowest BCUT2D eigenvalue weighted by atomic mass is 10.0. The first-order valence-corrected chi connectivity index (χ1v) is 9.34. The molecule has 0 spiro atoms. The minimum Gasteiger partial charge on any atom is -0.478 e. The smallest absolute Gasteiger partial charge is 0.328 e. The molecule has 2 unspecified atom stereocenters. The largest absolute Gasteiger partial charge is 0.478 e. The third kappa shape index (κ3) is 5.73. The quantitative estimate of drug-likeness (QED) is 0.725. The summed E-state index contributed by atoms with van der Waals surface area (Å²) in [6, 6.07) is 16.8. The van der Waals surface area contributed by atoms with E-state index in [2.05, 4.69) is 29.2 Å². The summed E-state index contributed by atoms with van der Waals surface area (Å²) in [5.74, 6) is -3.52. The van der Waals surface area contributed by atoms with Crippen LogP contribution < -0.4 is 0 Å².